The molecule has 1 aliphatic heterocycles. The molecule has 1 fully saturated rings. The first-order chi connectivity index (χ1) is 17.4. The van der Waals surface area contributed by atoms with Gasteiger partial charge in [0, 0.05) is 44.8 Å². The molecule has 190 valence electrons. The summed E-state index contributed by atoms with van der Waals surface area (Å²) in [6.07, 6.45) is 5.40. The molecule has 0 aliphatic carbocycles. The van der Waals surface area contributed by atoms with Crippen molar-refractivity contribution in [3.05, 3.63) is 71.7 Å². The number of benzene rings is 1. The summed E-state index contributed by atoms with van der Waals surface area (Å²) in [6.45, 7) is 1.75. The predicted octanol–water partition coefficient (Wildman–Crippen LogP) is 2.08. The Hall–Kier alpha value is -3.86. The van der Waals surface area contributed by atoms with E-state index in [4.69, 9.17) is 5.73 Å². The molecule has 0 spiro atoms. The van der Waals surface area contributed by atoms with Crippen LogP contribution in [0.25, 0.3) is 11.3 Å². The lowest BCUT2D eigenvalue weighted by atomic mass is 10.1. The average molecular weight is 498 g/mol. The van der Waals surface area contributed by atoms with E-state index in [9.17, 15) is 18.4 Å². The highest BCUT2D eigenvalue weighted by atomic mass is 19.1. The molecule has 9 nitrogen and oxygen atoms in total. The maximum Gasteiger partial charge on any atom is 0.252 e. The Morgan fingerprint density at radius 2 is 2.06 bits per heavy atom. The van der Waals surface area contributed by atoms with E-state index in [1.807, 2.05) is 6.07 Å². The van der Waals surface area contributed by atoms with Gasteiger partial charge in [0.1, 0.15) is 5.82 Å². The molecule has 0 bridgehead atoms. The van der Waals surface area contributed by atoms with Crippen LogP contribution in [0.15, 0.2) is 48.8 Å². The summed E-state index contributed by atoms with van der Waals surface area (Å²) in [7, 11) is 0. The number of nitrogens with two attached hydrogens (primary N) is 1. The molecule has 3 heterocycles. The quantitative estimate of drug-likeness (QED) is 0.395. The number of amides is 2. The first kappa shape index (κ1) is 25.2. The monoisotopic (exact) mass is 497 g/mol. The summed E-state index contributed by atoms with van der Waals surface area (Å²) in [4.78, 5) is 32.0. The number of carbonyl (C=O) groups excluding carboxylic acids is 2. The van der Waals surface area contributed by atoms with E-state index in [-0.39, 0.29) is 29.2 Å². The van der Waals surface area contributed by atoms with E-state index < -0.39 is 5.95 Å². The van der Waals surface area contributed by atoms with Crippen LogP contribution in [-0.4, -0.2) is 63.8 Å². The van der Waals surface area contributed by atoms with E-state index in [2.05, 4.69) is 20.8 Å². The largest absolute Gasteiger partial charge is 0.350 e. The van der Waals surface area contributed by atoms with Gasteiger partial charge in [-0.15, -0.1) is 5.10 Å². The molecule has 1 aliphatic rings. The smallest absolute Gasteiger partial charge is 0.252 e. The van der Waals surface area contributed by atoms with Gasteiger partial charge in [0.15, 0.2) is 0 Å². The average Bonchev–Trinajstić information content (AvgIpc) is 3.49. The van der Waals surface area contributed by atoms with E-state index in [1.54, 1.807) is 23.1 Å². The van der Waals surface area contributed by atoms with Gasteiger partial charge in [-0.25, -0.2) is 4.39 Å². The molecular weight excluding hydrogens is 468 g/mol. The van der Waals surface area contributed by atoms with E-state index in [0.29, 0.717) is 50.3 Å². The highest BCUT2D eigenvalue weighted by Gasteiger charge is 2.28. The lowest BCUT2D eigenvalue weighted by Gasteiger charge is -2.24. The number of aromatic nitrogens is 3. The second kappa shape index (κ2) is 11.7. The van der Waals surface area contributed by atoms with Gasteiger partial charge in [0.05, 0.1) is 23.0 Å². The van der Waals surface area contributed by atoms with Crippen molar-refractivity contribution in [3.8, 4) is 11.3 Å². The second-order valence-electron chi connectivity index (χ2n) is 8.63. The Labute approximate surface area is 207 Å². The highest BCUT2D eigenvalue weighted by Crippen LogP contribution is 2.20. The number of hydrogen-bond acceptors (Lipinski definition) is 6. The van der Waals surface area contributed by atoms with Gasteiger partial charge in [-0.3, -0.25) is 14.6 Å². The van der Waals surface area contributed by atoms with Crippen molar-refractivity contribution in [1.29, 1.82) is 0 Å². The van der Waals surface area contributed by atoms with Gasteiger partial charge in [0.2, 0.25) is 11.9 Å². The number of rotatable bonds is 10. The Kier molecular flexibility index (Phi) is 8.21. The molecule has 3 aromatic rings. The zero-order valence-electron chi connectivity index (χ0n) is 19.8. The minimum absolute atomic E-state index is 0.00583. The molecule has 2 amide bonds. The van der Waals surface area contributed by atoms with Gasteiger partial charge in [-0.05, 0) is 49.1 Å². The second-order valence-corrected chi connectivity index (χ2v) is 8.63. The van der Waals surface area contributed by atoms with E-state index in [0.717, 1.165) is 18.4 Å². The number of nitrogens with zero attached hydrogens (tertiary/aromatic N) is 4. The van der Waals surface area contributed by atoms with Gasteiger partial charge >= 0.3 is 0 Å². The third kappa shape index (κ3) is 6.22. The number of hydrogen-bond donors (Lipinski definition) is 3. The van der Waals surface area contributed by atoms with E-state index in [1.165, 1.54) is 29.3 Å². The zero-order chi connectivity index (χ0) is 25.5. The minimum atomic E-state index is -0.707. The van der Waals surface area contributed by atoms with Crippen molar-refractivity contribution >= 4 is 11.8 Å². The van der Waals surface area contributed by atoms with Crippen molar-refractivity contribution in [3.63, 3.8) is 0 Å². The summed E-state index contributed by atoms with van der Waals surface area (Å²) < 4.78 is 27.7. The predicted molar refractivity (Wildman–Crippen MR) is 130 cm³/mol. The van der Waals surface area contributed by atoms with Crippen molar-refractivity contribution in [2.24, 2.45) is 5.73 Å². The summed E-state index contributed by atoms with van der Waals surface area (Å²) in [5, 5.41) is 6.66. The first-order valence-electron chi connectivity index (χ1n) is 11.9. The summed E-state index contributed by atoms with van der Waals surface area (Å²) in [5.74, 6) is -1.32. The maximum atomic E-state index is 14.4. The number of pyridine rings is 1. The zero-order valence-corrected chi connectivity index (χ0v) is 19.8. The Balaban J connectivity index is 1.31. The molecule has 0 radical (unpaired) electrons. The van der Waals surface area contributed by atoms with Crippen LogP contribution in [0.3, 0.4) is 0 Å². The van der Waals surface area contributed by atoms with Crippen LogP contribution in [0.5, 0.6) is 0 Å². The molecule has 1 saturated heterocycles. The van der Waals surface area contributed by atoms with Gasteiger partial charge < -0.3 is 21.4 Å². The number of carbonyl (C=O) groups is 2. The molecule has 2 aromatic heterocycles. The van der Waals surface area contributed by atoms with Crippen LogP contribution in [0.2, 0.25) is 0 Å². The lowest BCUT2D eigenvalue weighted by Crippen LogP contribution is -2.43. The first-order valence-corrected chi connectivity index (χ1v) is 11.9. The fourth-order valence-corrected chi connectivity index (χ4v) is 4.26. The molecule has 4 rings (SSSR count). The van der Waals surface area contributed by atoms with Crippen LogP contribution in [0.1, 0.15) is 35.2 Å². The maximum absolute atomic E-state index is 14.4. The lowest BCUT2D eigenvalue weighted by molar-refractivity contribution is -0.131. The van der Waals surface area contributed by atoms with E-state index >= 15 is 0 Å². The highest BCUT2D eigenvalue weighted by molar-refractivity contribution is 5.94. The molecule has 36 heavy (non-hydrogen) atoms. The Morgan fingerprint density at radius 3 is 2.81 bits per heavy atom. The van der Waals surface area contributed by atoms with Crippen LogP contribution in [0, 0.1) is 11.8 Å². The van der Waals surface area contributed by atoms with Crippen LogP contribution in [-0.2, 0) is 11.2 Å². The van der Waals surface area contributed by atoms with Crippen molar-refractivity contribution in [2.75, 3.05) is 31.6 Å². The third-order valence-corrected chi connectivity index (χ3v) is 6.10. The van der Waals surface area contributed by atoms with Crippen LogP contribution >= 0.6 is 0 Å². The van der Waals surface area contributed by atoms with Crippen molar-refractivity contribution in [2.45, 2.75) is 31.7 Å². The molecule has 0 unspecified atom stereocenters. The number of nitrogens with one attached hydrogen (secondary N) is 2. The molecule has 1 aromatic carbocycles. The van der Waals surface area contributed by atoms with Gasteiger partial charge in [-0.1, -0.05) is 12.1 Å². The van der Waals surface area contributed by atoms with Crippen molar-refractivity contribution in [1.82, 2.24) is 25.1 Å². The molecule has 1 atom stereocenters. The number of likely N-dealkylation sites (tertiary alicyclic amines) is 1. The molecule has 0 saturated carbocycles. The Morgan fingerprint density at radius 1 is 1.19 bits per heavy atom. The fraction of sp³-hybridized carbons (Fsp3) is 0.360. The summed E-state index contributed by atoms with van der Waals surface area (Å²) >= 11 is 0. The van der Waals surface area contributed by atoms with Crippen LogP contribution < -0.4 is 16.5 Å². The van der Waals surface area contributed by atoms with Crippen LogP contribution in [0.4, 0.5) is 8.78 Å². The third-order valence-electron chi connectivity index (χ3n) is 6.10. The van der Waals surface area contributed by atoms with Gasteiger partial charge in [0.25, 0.3) is 5.91 Å². The minimum Gasteiger partial charge on any atom is -0.350 e. The normalized spacial score (nSPS) is 15.2. The molecular formula is C25H29F2N7O2. The summed E-state index contributed by atoms with van der Waals surface area (Å²) in [6, 6.07) is 9.35. The summed E-state index contributed by atoms with van der Waals surface area (Å²) in [5.41, 5.74) is 10.1. The molecule has 11 heteroatoms. The standard InChI is InChI=1S/C25H29F2N7O2/c26-19-4-1-3-17(13-19)9-11-31-34-16-21(24(27)32-34)22-7-6-18(14-29-22)25(36)30-15-20-5-2-12-33(20)23(35)8-10-28/h1,3-4,6-7,13-14,16,20,31H,2,5,8-12,15,28H2,(H,30,36)/t20-/m1/s1. The number of halogens is 2. The van der Waals surface area contributed by atoms with Gasteiger partial charge in [-0.2, -0.15) is 9.18 Å². The fourth-order valence-electron chi connectivity index (χ4n) is 4.26. The Bertz CT molecular complexity index is 1200. The topological polar surface area (TPSA) is 118 Å². The SMILES string of the molecule is NCCC(=O)N1CCC[C@@H]1CNC(=O)c1ccc(-c2cn(NCCc3cccc(F)c3)nc2F)nc1. The molecule has 4 N–H and O–H groups in total. The van der Waals surface area contributed by atoms with Crippen molar-refractivity contribution < 1.29 is 18.4 Å².